The summed E-state index contributed by atoms with van der Waals surface area (Å²) in [6.07, 6.45) is 1.40. The van der Waals surface area contributed by atoms with Gasteiger partial charge in [0.1, 0.15) is 23.4 Å². The van der Waals surface area contributed by atoms with E-state index in [-0.39, 0.29) is 54.6 Å². The molecule has 3 aromatic rings. The Morgan fingerprint density at radius 3 is 2.33 bits per heavy atom. The third kappa shape index (κ3) is 7.45. The molecule has 0 bridgehead atoms. The zero-order chi connectivity index (χ0) is 44.6. The average Bonchev–Trinajstić information content (AvgIpc) is 3.77. The number of likely N-dealkylation sites (tertiary alicyclic amines) is 1. The highest BCUT2D eigenvalue weighted by atomic mass is 19.3. The van der Waals surface area contributed by atoms with Gasteiger partial charge >= 0.3 is 0 Å². The number of methoxy groups -OCH3 is 1. The van der Waals surface area contributed by atoms with E-state index < -0.39 is 48.6 Å². The van der Waals surface area contributed by atoms with E-state index in [1.54, 1.807) is 20.4 Å². The lowest BCUT2D eigenvalue weighted by molar-refractivity contribution is -0.146. The number of aryl methyl sites for hydroxylation is 2. The van der Waals surface area contributed by atoms with E-state index in [0.29, 0.717) is 73.8 Å². The van der Waals surface area contributed by atoms with E-state index in [4.69, 9.17) is 4.74 Å². The Morgan fingerprint density at radius 2 is 1.68 bits per heavy atom. The van der Waals surface area contributed by atoms with Crippen LogP contribution in [0.3, 0.4) is 0 Å². The fourth-order valence-electron chi connectivity index (χ4n) is 11.4. The van der Waals surface area contributed by atoms with Gasteiger partial charge < -0.3 is 19.4 Å². The van der Waals surface area contributed by atoms with Crippen molar-refractivity contribution in [2.45, 2.75) is 97.1 Å². The van der Waals surface area contributed by atoms with Crippen molar-refractivity contribution in [1.82, 2.24) is 24.9 Å². The van der Waals surface area contributed by atoms with Gasteiger partial charge in [0.15, 0.2) is 0 Å². The zero-order valence-corrected chi connectivity index (χ0v) is 36.3. The van der Waals surface area contributed by atoms with Gasteiger partial charge in [-0.25, -0.2) is 17.6 Å². The van der Waals surface area contributed by atoms with Crippen LogP contribution in [0.5, 0.6) is 5.75 Å². The van der Waals surface area contributed by atoms with Crippen molar-refractivity contribution in [3.8, 4) is 5.75 Å². The second-order valence-corrected chi connectivity index (χ2v) is 18.4. The third-order valence-corrected chi connectivity index (χ3v) is 14.5. The Kier molecular flexibility index (Phi) is 11.1. The van der Waals surface area contributed by atoms with Gasteiger partial charge in [0.05, 0.1) is 32.8 Å². The first-order valence-corrected chi connectivity index (χ1v) is 21.8. The zero-order valence-electron chi connectivity index (χ0n) is 36.3. The monoisotopic (exact) mass is 871 g/mol. The molecule has 0 radical (unpaired) electrons. The summed E-state index contributed by atoms with van der Waals surface area (Å²) in [4.78, 5) is 64.6. The summed E-state index contributed by atoms with van der Waals surface area (Å²) in [7, 11) is 3.21. The molecule has 1 N–H and O–H groups in total. The molecule has 9 rings (SSSR count). The highest BCUT2D eigenvalue weighted by Crippen LogP contribution is 2.47. The summed E-state index contributed by atoms with van der Waals surface area (Å²) in [5.41, 5.74) is 7.22. The molecular weight excluding hydrogens is 819 g/mol. The van der Waals surface area contributed by atoms with Crippen LogP contribution in [-0.2, 0) is 40.4 Å². The fraction of sp³-hybridized carbons (Fsp3) is 0.511. The number of nitrogens with one attached hydrogen (secondary N) is 1. The lowest BCUT2D eigenvalue weighted by Gasteiger charge is -2.54. The number of carbonyl (C=O) groups is 4. The largest absolute Gasteiger partial charge is 0.496 e. The number of ether oxygens (including phenoxy) is 1. The van der Waals surface area contributed by atoms with Crippen molar-refractivity contribution in [3.05, 3.63) is 91.5 Å². The fourth-order valence-corrected chi connectivity index (χ4v) is 11.4. The van der Waals surface area contributed by atoms with Crippen molar-refractivity contribution >= 4 is 35.5 Å². The molecule has 1 spiro atoms. The van der Waals surface area contributed by atoms with Crippen molar-refractivity contribution in [2.75, 3.05) is 58.3 Å². The average molecular weight is 872 g/mol. The van der Waals surface area contributed by atoms with Crippen LogP contribution in [0.4, 0.5) is 23.2 Å². The van der Waals surface area contributed by atoms with Crippen LogP contribution in [-0.4, -0.2) is 121 Å². The number of nitrogens with zero attached hydrogens (tertiary/aromatic N) is 6. The summed E-state index contributed by atoms with van der Waals surface area (Å²) in [6.45, 7) is 8.62. The molecule has 6 aliphatic rings. The van der Waals surface area contributed by atoms with Gasteiger partial charge in [-0.3, -0.25) is 39.3 Å². The molecule has 4 amide bonds. The number of imide groups is 1. The summed E-state index contributed by atoms with van der Waals surface area (Å²) >= 11 is 0. The minimum atomic E-state index is -2.69. The van der Waals surface area contributed by atoms with Crippen LogP contribution in [0, 0.1) is 30.9 Å². The van der Waals surface area contributed by atoms with Crippen molar-refractivity contribution in [3.63, 3.8) is 0 Å². The molecule has 63 heavy (non-hydrogen) atoms. The maximum Gasteiger partial charge on any atom is 0.255 e. The Bertz CT molecular complexity index is 2420. The Balaban J connectivity index is 0.840. The van der Waals surface area contributed by atoms with E-state index >= 15 is 8.78 Å². The predicted octanol–water partition coefficient (Wildman–Crippen LogP) is 5.45. The summed E-state index contributed by atoms with van der Waals surface area (Å²) in [5.74, 6) is -2.04. The molecule has 0 saturated carbocycles. The normalized spacial score (nSPS) is 23.4. The maximum atomic E-state index is 16.5. The van der Waals surface area contributed by atoms with E-state index in [2.05, 4.69) is 10.3 Å². The van der Waals surface area contributed by atoms with Crippen LogP contribution in [0.1, 0.15) is 99.1 Å². The Morgan fingerprint density at radius 1 is 0.968 bits per heavy atom. The molecule has 3 fully saturated rings. The number of amides is 4. The maximum absolute atomic E-state index is 16.5. The number of carbonyl (C=O) groups excluding carboxylic acids is 4. The smallest absolute Gasteiger partial charge is 0.255 e. The van der Waals surface area contributed by atoms with Gasteiger partial charge in [0.2, 0.25) is 17.7 Å². The molecule has 6 aliphatic heterocycles. The van der Waals surface area contributed by atoms with Crippen molar-refractivity contribution in [1.29, 1.82) is 0 Å². The van der Waals surface area contributed by atoms with Gasteiger partial charge in [-0.15, -0.1) is 0 Å². The predicted molar refractivity (Wildman–Crippen MR) is 227 cm³/mol. The molecule has 3 atom stereocenters. The first-order valence-electron chi connectivity index (χ1n) is 21.8. The number of fused-ring (bicyclic) bond motifs is 3. The number of piperidine rings is 2. The lowest BCUT2D eigenvalue weighted by atomic mass is 9.72. The van der Waals surface area contributed by atoms with Crippen LogP contribution in [0.15, 0.2) is 29.3 Å². The lowest BCUT2D eigenvalue weighted by Crippen LogP contribution is -2.63. The third-order valence-electron chi connectivity index (χ3n) is 14.5. The van der Waals surface area contributed by atoms with Gasteiger partial charge in [0, 0.05) is 98.3 Å². The number of hydrogen-bond donors (Lipinski definition) is 1. The number of benzene rings is 3. The molecule has 12 nitrogen and oxygen atoms in total. The molecule has 3 saturated heterocycles. The molecule has 0 aromatic heterocycles. The SMILES string of the molecule is CN=Cc1c(C)cc(C)c2c1CC(C)N(CC(F)F)C2c1c(F)cc(N2CCC3(CC2)CN(C(=O)CN2Cc4cc5c(c(OC)c4C2)CN(C2CCC(=O)NC2=O)C5=O)C3)cc1F. The van der Waals surface area contributed by atoms with Crippen molar-refractivity contribution < 1.29 is 41.5 Å². The van der Waals surface area contributed by atoms with Crippen LogP contribution >= 0.6 is 0 Å². The number of rotatable bonds is 9. The van der Waals surface area contributed by atoms with E-state index in [9.17, 15) is 28.0 Å². The number of alkyl halides is 2. The number of halogens is 4. The minimum Gasteiger partial charge on any atom is -0.496 e. The summed E-state index contributed by atoms with van der Waals surface area (Å²) in [6, 6.07) is 4.29. The van der Waals surface area contributed by atoms with Crippen LogP contribution in [0.2, 0.25) is 0 Å². The van der Waals surface area contributed by atoms with E-state index in [1.807, 2.05) is 47.6 Å². The minimum absolute atomic E-state index is 0.00111. The second kappa shape index (κ2) is 16.3. The van der Waals surface area contributed by atoms with Crippen molar-refractivity contribution in [2.24, 2.45) is 10.4 Å². The molecule has 334 valence electrons. The van der Waals surface area contributed by atoms with E-state index in [0.717, 1.165) is 46.2 Å². The molecular formula is C47H53F4N7O5. The quantitative estimate of drug-likeness (QED) is 0.172. The highest BCUT2D eigenvalue weighted by molar-refractivity contribution is 6.06. The van der Waals surface area contributed by atoms with Crippen LogP contribution in [0.25, 0.3) is 0 Å². The first kappa shape index (κ1) is 42.9. The summed E-state index contributed by atoms with van der Waals surface area (Å²) in [5, 5.41) is 2.33. The van der Waals surface area contributed by atoms with E-state index in [1.165, 1.54) is 21.9 Å². The summed E-state index contributed by atoms with van der Waals surface area (Å²) < 4.78 is 67.0. The second-order valence-electron chi connectivity index (χ2n) is 18.4. The van der Waals surface area contributed by atoms with Gasteiger partial charge in [-0.1, -0.05) is 6.07 Å². The number of anilines is 1. The Hall–Kier alpha value is -5.35. The van der Waals surface area contributed by atoms with Gasteiger partial charge in [-0.2, -0.15) is 0 Å². The van der Waals surface area contributed by atoms with Gasteiger partial charge in [0.25, 0.3) is 12.3 Å². The standard InChI is InChI=1S/C47H53F4N7O5/c1-25-12-26(2)41-30(32(25)17-52-4)13-27(3)57(21-38(50)51)43(41)42-35(48)15-29(16-36(42)49)55-10-8-47(9-11-55)23-56(24-47)40(60)22-54-18-28-14-31-34(44(63-5)33(28)19-54)20-58(46(31)62)37-6-7-39(59)53-45(37)61/h12,14-17,27,37-38,43H,6-11,13,18-24H2,1-5H3,(H,53,59,61). The Labute approximate surface area is 364 Å². The molecule has 3 aromatic carbocycles. The number of hydrogen-bond acceptors (Lipinski definition) is 9. The van der Waals surface area contributed by atoms with Crippen LogP contribution < -0.4 is 15.0 Å². The molecule has 3 unspecified atom stereocenters. The van der Waals surface area contributed by atoms with Gasteiger partial charge in [-0.05, 0) is 98.0 Å². The molecule has 6 heterocycles. The topological polar surface area (TPSA) is 118 Å². The highest BCUT2D eigenvalue weighted by Gasteiger charge is 2.48. The number of aliphatic imine (C=N–C) groups is 1. The molecule has 16 heteroatoms. The first-order chi connectivity index (χ1) is 30.1. The molecule has 0 aliphatic carbocycles.